The van der Waals surface area contributed by atoms with Crippen LogP contribution in [0.3, 0.4) is 0 Å². The van der Waals surface area contributed by atoms with E-state index in [0.717, 1.165) is 12.0 Å². The van der Waals surface area contributed by atoms with Gasteiger partial charge in [-0.05, 0) is 51.2 Å². The Kier molecular flexibility index (Phi) is 5.79. The second kappa shape index (κ2) is 7.38. The van der Waals surface area contributed by atoms with Crippen LogP contribution in [0, 0.1) is 5.92 Å². The van der Waals surface area contributed by atoms with Crippen LogP contribution in [-0.4, -0.2) is 37.1 Å². The molecule has 1 aliphatic heterocycles. The fraction of sp³-hybridized carbons (Fsp3) is 1.00. The number of rotatable bonds is 7. The summed E-state index contributed by atoms with van der Waals surface area (Å²) in [7, 11) is 0. The predicted molar refractivity (Wildman–Crippen MR) is 74.3 cm³/mol. The summed E-state index contributed by atoms with van der Waals surface area (Å²) in [6.07, 6.45) is 11.4. The maximum Gasteiger partial charge on any atom is 0.0223 e. The van der Waals surface area contributed by atoms with E-state index in [0.29, 0.717) is 0 Å². The average molecular weight is 238 g/mol. The van der Waals surface area contributed by atoms with Crippen LogP contribution in [0.5, 0.6) is 0 Å². The van der Waals surface area contributed by atoms with Gasteiger partial charge in [-0.1, -0.05) is 32.6 Å². The fourth-order valence-electron chi connectivity index (χ4n) is 2.98. The Bertz CT molecular complexity index is 201. The van der Waals surface area contributed by atoms with E-state index >= 15 is 0 Å². The first kappa shape index (κ1) is 13.4. The molecular weight excluding hydrogens is 208 g/mol. The number of hydrogen-bond donors (Lipinski definition) is 1. The van der Waals surface area contributed by atoms with Crippen LogP contribution < -0.4 is 5.32 Å². The van der Waals surface area contributed by atoms with Crippen molar-refractivity contribution in [1.29, 1.82) is 0 Å². The standard InChI is InChI=1S/C15H30N2/c1-2-3-4-5-6-11-17-12-7-10-16-15(13-17)14-8-9-14/h14-16H,2-13H2,1H3. The lowest BCUT2D eigenvalue weighted by Gasteiger charge is -2.24. The summed E-state index contributed by atoms with van der Waals surface area (Å²) < 4.78 is 0. The van der Waals surface area contributed by atoms with Gasteiger partial charge in [0, 0.05) is 12.6 Å². The van der Waals surface area contributed by atoms with Gasteiger partial charge in [0.15, 0.2) is 0 Å². The quantitative estimate of drug-likeness (QED) is 0.686. The van der Waals surface area contributed by atoms with E-state index in [1.165, 1.54) is 77.5 Å². The van der Waals surface area contributed by atoms with Crippen LogP contribution in [0.15, 0.2) is 0 Å². The summed E-state index contributed by atoms with van der Waals surface area (Å²) in [5.41, 5.74) is 0. The minimum atomic E-state index is 0.813. The Morgan fingerprint density at radius 1 is 1.12 bits per heavy atom. The normalized spacial score (nSPS) is 27.0. The molecule has 2 rings (SSSR count). The minimum absolute atomic E-state index is 0.813. The molecule has 0 aromatic heterocycles. The van der Waals surface area contributed by atoms with Crippen LogP contribution in [0.4, 0.5) is 0 Å². The summed E-state index contributed by atoms with van der Waals surface area (Å²) in [5.74, 6) is 1.01. The van der Waals surface area contributed by atoms with Crippen LogP contribution in [0.2, 0.25) is 0 Å². The van der Waals surface area contributed by atoms with E-state index in [1.807, 2.05) is 0 Å². The summed E-state index contributed by atoms with van der Waals surface area (Å²) in [6, 6.07) is 0.813. The van der Waals surface area contributed by atoms with Crippen molar-refractivity contribution in [2.45, 2.75) is 64.3 Å². The highest BCUT2D eigenvalue weighted by Crippen LogP contribution is 2.33. The van der Waals surface area contributed by atoms with Gasteiger partial charge in [-0.25, -0.2) is 0 Å². The van der Waals surface area contributed by atoms with E-state index in [1.54, 1.807) is 0 Å². The summed E-state index contributed by atoms with van der Waals surface area (Å²) >= 11 is 0. The molecule has 0 aromatic carbocycles. The highest BCUT2D eigenvalue weighted by atomic mass is 15.2. The zero-order valence-corrected chi connectivity index (χ0v) is 11.6. The number of hydrogen-bond acceptors (Lipinski definition) is 2. The maximum absolute atomic E-state index is 3.74. The molecule has 2 fully saturated rings. The van der Waals surface area contributed by atoms with Crippen molar-refractivity contribution in [3.8, 4) is 0 Å². The van der Waals surface area contributed by atoms with Gasteiger partial charge in [0.1, 0.15) is 0 Å². The van der Waals surface area contributed by atoms with Crippen molar-refractivity contribution in [3.05, 3.63) is 0 Å². The zero-order chi connectivity index (χ0) is 11.9. The van der Waals surface area contributed by atoms with E-state index in [9.17, 15) is 0 Å². The number of unbranched alkanes of at least 4 members (excludes halogenated alkanes) is 4. The lowest BCUT2D eigenvalue weighted by Crippen LogP contribution is -2.39. The molecule has 1 unspecified atom stereocenters. The van der Waals surface area contributed by atoms with Crippen LogP contribution in [0.25, 0.3) is 0 Å². The second-order valence-electron chi connectivity index (χ2n) is 5.97. The van der Waals surface area contributed by atoms with Crippen molar-refractivity contribution in [2.24, 2.45) is 5.92 Å². The SMILES string of the molecule is CCCCCCCN1CCCNC(C2CC2)C1. The molecule has 2 aliphatic rings. The molecule has 0 spiro atoms. The van der Waals surface area contributed by atoms with Crippen LogP contribution in [0.1, 0.15) is 58.3 Å². The van der Waals surface area contributed by atoms with Gasteiger partial charge in [0.25, 0.3) is 0 Å². The van der Waals surface area contributed by atoms with Crippen molar-refractivity contribution in [2.75, 3.05) is 26.2 Å². The largest absolute Gasteiger partial charge is 0.312 e. The molecule has 1 heterocycles. The third-order valence-electron chi connectivity index (χ3n) is 4.28. The van der Waals surface area contributed by atoms with E-state index in [2.05, 4.69) is 17.1 Å². The Balaban J connectivity index is 1.60. The van der Waals surface area contributed by atoms with E-state index in [4.69, 9.17) is 0 Å². The van der Waals surface area contributed by atoms with Gasteiger partial charge in [0.05, 0.1) is 0 Å². The van der Waals surface area contributed by atoms with Crippen molar-refractivity contribution in [3.63, 3.8) is 0 Å². The van der Waals surface area contributed by atoms with Gasteiger partial charge in [0.2, 0.25) is 0 Å². The first-order valence-electron chi connectivity index (χ1n) is 7.86. The first-order chi connectivity index (χ1) is 8.40. The summed E-state index contributed by atoms with van der Waals surface area (Å²) in [4.78, 5) is 2.72. The Morgan fingerprint density at radius 2 is 1.94 bits per heavy atom. The number of nitrogens with one attached hydrogen (secondary N) is 1. The Hall–Kier alpha value is -0.0800. The van der Waals surface area contributed by atoms with Gasteiger partial charge >= 0.3 is 0 Å². The molecule has 0 bridgehead atoms. The van der Waals surface area contributed by atoms with E-state index < -0.39 is 0 Å². The van der Waals surface area contributed by atoms with Gasteiger partial charge in [-0.15, -0.1) is 0 Å². The third kappa shape index (κ3) is 4.97. The minimum Gasteiger partial charge on any atom is -0.312 e. The smallest absolute Gasteiger partial charge is 0.0223 e. The molecule has 17 heavy (non-hydrogen) atoms. The summed E-state index contributed by atoms with van der Waals surface area (Å²) in [5, 5.41) is 3.74. The zero-order valence-electron chi connectivity index (χ0n) is 11.6. The molecule has 1 aliphatic carbocycles. The van der Waals surface area contributed by atoms with Crippen molar-refractivity contribution >= 4 is 0 Å². The monoisotopic (exact) mass is 238 g/mol. The first-order valence-corrected chi connectivity index (χ1v) is 7.86. The molecule has 0 aromatic rings. The predicted octanol–water partition coefficient (Wildman–Crippen LogP) is 3.03. The van der Waals surface area contributed by atoms with Crippen molar-refractivity contribution < 1.29 is 0 Å². The molecule has 0 amide bonds. The van der Waals surface area contributed by atoms with Gasteiger partial charge < -0.3 is 10.2 Å². The molecule has 100 valence electrons. The lowest BCUT2D eigenvalue weighted by molar-refractivity contribution is 0.253. The molecular formula is C15H30N2. The Morgan fingerprint density at radius 3 is 2.71 bits per heavy atom. The van der Waals surface area contributed by atoms with Crippen LogP contribution >= 0.6 is 0 Å². The Labute approximate surface area is 107 Å². The lowest BCUT2D eigenvalue weighted by atomic mass is 10.1. The molecule has 0 radical (unpaired) electrons. The molecule has 2 heteroatoms. The third-order valence-corrected chi connectivity index (χ3v) is 4.28. The fourth-order valence-corrected chi connectivity index (χ4v) is 2.98. The van der Waals surface area contributed by atoms with Gasteiger partial charge in [-0.2, -0.15) is 0 Å². The topological polar surface area (TPSA) is 15.3 Å². The highest BCUT2D eigenvalue weighted by molar-refractivity contribution is 4.89. The van der Waals surface area contributed by atoms with Crippen molar-refractivity contribution in [1.82, 2.24) is 10.2 Å². The average Bonchev–Trinajstić information content (AvgIpc) is 3.15. The highest BCUT2D eigenvalue weighted by Gasteiger charge is 2.32. The second-order valence-corrected chi connectivity index (χ2v) is 5.97. The molecule has 1 N–H and O–H groups in total. The van der Waals surface area contributed by atoms with Gasteiger partial charge in [-0.3, -0.25) is 0 Å². The molecule has 2 nitrogen and oxygen atoms in total. The summed E-state index contributed by atoms with van der Waals surface area (Å²) in [6.45, 7) is 7.52. The molecule has 1 saturated carbocycles. The number of nitrogens with zero attached hydrogens (tertiary/aromatic N) is 1. The molecule has 1 atom stereocenters. The van der Waals surface area contributed by atoms with Crippen LogP contribution in [-0.2, 0) is 0 Å². The maximum atomic E-state index is 3.74. The van der Waals surface area contributed by atoms with E-state index in [-0.39, 0.29) is 0 Å². The molecule has 1 saturated heterocycles.